The van der Waals surface area contributed by atoms with E-state index in [1.54, 1.807) is 19.0 Å². The molecule has 0 aromatic carbocycles. The van der Waals surface area contributed by atoms with Crippen molar-refractivity contribution >= 4 is 5.91 Å². The monoisotopic (exact) mass is 169 g/mol. The Morgan fingerprint density at radius 2 is 2.33 bits per heavy atom. The normalized spacial score (nSPS) is 11.8. The standard InChI is InChI=1S/C8H15N3O/c1-7(4-5-9)11(3)8(12)6-10-2/h7,10H,4,6H2,1-3H3. The van der Waals surface area contributed by atoms with Gasteiger partial charge >= 0.3 is 0 Å². The Morgan fingerprint density at radius 1 is 1.75 bits per heavy atom. The molecule has 0 fully saturated rings. The Bertz CT molecular complexity index is 185. The molecule has 0 aromatic rings. The topological polar surface area (TPSA) is 56.1 Å². The van der Waals surface area contributed by atoms with Crippen LogP contribution in [0.25, 0.3) is 0 Å². The Labute approximate surface area is 73.2 Å². The first-order valence-electron chi connectivity index (χ1n) is 3.90. The van der Waals surface area contributed by atoms with Crippen molar-refractivity contribution in [2.45, 2.75) is 19.4 Å². The maximum Gasteiger partial charge on any atom is 0.236 e. The number of nitriles is 1. The highest BCUT2D eigenvalue weighted by molar-refractivity contribution is 5.78. The van der Waals surface area contributed by atoms with E-state index >= 15 is 0 Å². The summed E-state index contributed by atoms with van der Waals surface area (Å²) in [4.78, 5) is 12.8. The highest BCUT2D eigenvalue weighted by atomic mass is 16.2. The van der Waals surface area contributed by atoms with Crippen molar-refractivity contribution in [2.24, 2.45) is 0 Å². The molecule has 1 N–H and O–H groups in total. The van der Waals surface area contributed by atoms with Crippen LogP contribution >= 0.6 is 0 Å². The summed E-state index contributed by atoms with van der Waals surface area (Å²) in [6.45, 7) is 2.18. The van der Waals surface area contributed by atoms with Gasteiger partial charge in [-0.3, -0.25) is 4.79 Å². The van der Waals surface area contributed by atoms with E-state index in [2.05, 4.69) is 5.32 Å². The van der Waals surface area contributed by atoms with Gasteiger partial charge < -0.3 is 10.2 Å². The second kappa shape index (κ2) is 5.56. The quantitative estimate of drug-likeness (QED) is 0.642. The average molecular weight is 169 g/mol. The predicted octanol–water partition coefficient (Wildman–Crippen LogP) is -0.0336. The minimum atomic E-state index is -0.00384. The van der Waals surface area contributed by atoms with Gasteiger partial charge in [-0.05, 0) is 14.0 Å². The van der Waals surface area contributed by atoms with Crippen molar-refractivity contribution in [1.82, 2.24) is 10.2 Å². The molecular formula is C8H15N3O. The lowest BCUT2D eigenvalue weighted by atomic mass is 10.2. The number of hydrogen-bond donors (Lipinski definition) is 1. The van der Waals surface area contributed by atoms with E-state index < -0.39 is 0 Å². The number of carbonyl (C=O) groups excluding carboxylic acids is 1. The molecule has 0 aromatic heterocycles. The van der Waals surface area contributed by atoms with Gasteiger partial charge in [-0.2, -0.15) is 5.26 Å². The SMILES string of the molecule is CNCC(=O)N(C)C(C)CC#N. The van der Waals surface area contributed by atoms with Crippen molar-refractivity contribution in [1.29, 1.82) is 5.26 Å². The Hall–Kier alpha value is -1.08. The van der Waals surface area contributed by atoms with Gasteiger partial charge in [-0.25, -0.2) is 0 Å². The van der Waals surface area contributed by atoms with E-state index in [0.29, 0.717) is 13.0 Å². The number of carbonyl (C=O) groups is 1. The molecule has 4 nitrogen and oxygen atoms in total. The zero-order valence-corrected chi connectivity index (χ0v) is 7.79. The molecule has 12 heavy (non-hydrogen) atoms. The zero-order chi connectivity index (χ0) is 9.56. The second-order valence-electron chi connectivity index (χ2n) is 2.75. The minimum Gasteiger partial charge on any atom is -0.341 e. The van der Waals surface area contributed by atoms with Gasteiger partial charge in [0, 0.05) is 13.1 Å². The molecule has 0 aliphatic carbocycles. The summed E-state index contributed by atoms with van der Waals surface area (Å²) in [6, 6.07) is 2.03. The van der Waals surface area contributed by atoms with Crippen LogP contribution in [0.15, 0.2) is 0 Å². The predicted molar refractivity (Wildman–Crippen MR) is 46.4 cm³/mol. The smallest absolute Gasteiger partial charge is 0.236 e. The molecule has 0 radical (unpaired) electrons. The largest absolute Gasteiger partial charge is 0.341 e. The molecule has 0 bridgehead atoms. The molecular weight excluding hydrogens is 154 g/mol. The number of amides is 1. The van der Waals surface area contributed by atoms with Crippen LogP contribution in [0.5, 0.6) is 0 Å². The average Bonchev–Trinajstić information content (AvgIpc) is 2.04. The second-order valence-corrected chi connectivity index (χ2v) is 2.75. The summed E-state index contributed by atoms with van der Waals surface area (Å²) in [5, 5.41) is 11.2. The lowest BCUT2D eigenvalue weighted by Crippen LogP contribution is -2.39. The third-order valence-electron chi connectivity index (χ3n) is 1.77. The van der Waals surface area contributed by atoms with E-state index in [1.165, 1.54) is 0 Å². The lowest BCUT2D eigenvalue weighted by molar-refractivity contribution is -0.130. The van der Waals surface area contributed by atoms with Crippen molar-refractivity contribution in [3.8, 4) is 6.07 Å². The molecule has 1 amide bonds. The van der Waals surface area contributed by atoms with Crippen LogP contribution in [0, 0.1) is 11.3 Å². The molecule has 0 heterocycles. The number of likely N-dealkylation sites (N-methyl/N-ethyl adjacent to an activating group) is 2. The fraction of sp³-hybridized carbons (Fsp3) is 0.750. The van der Waals surface area contributed by atoms with Crippen LogP contribution in [-0.4, -0.2) is 37.5 Å². The molecule has 0 aliphatic heterocycles. The van der Waals surface area contributed by atoms with Crippen LogP contribution in [-0.2, 0) is 4.79 Å². The van der Waals surface area contributed by atoms with Crippen molar-refractivity contribution in [3.63, 3.8) is 0 Å². The Morgan fingerprint density at radius 3 is 2.75 bits per heavy atom. The molecule has 1 unspecified atom stereocenters. The third-order valence-corrected chi connectivity index (χ3v) is 1.77. The van der Waals surface area contributed by atoms with Gasteiger partial charge in [-0.1, -0.05) is 0 Å². The van der Waals surface area contributed by atoms with Crippen LogP contribution in [0.2, 0.25) is 0 Å². The van der Waals surface area contributed by atoms with E-state index in [0.717, 1.165) is 0 Å². The fourth-order valence-corrected chi connectivity index (χ4v) is 0.791. The van der Waals surface area contributed by atoms with Gasteiger partial charge in [0.2, 0.25) is 5.91 Å². The molecule has 0 saturated heterocycles. The number of hydrogen-bond acceptors (Lipinski definition) is 3. The van der Waals surface area contributed by atoms with E-state index in [-0.39, 0.29) is 11.9 Å². The maximum atomic E-state index is 11.2. The molecule has 0 aliphatic rings. The van der Waals surface area contributed by atoms with Gasteiger partial charge in [0.05, 0.1) is 19.0 Å². The highest BCUT2D eigenvalue weighted by Gasteiger charge is 2.13. The first-order valence-corrected chi connectivity index (χ1v) is 3.90. The fourth-order valence-electron chi connectivity index (χ4n) is 0.791. The third kappa shape index (κ3) is 3.35. The van der Waals surface area contributed by atoms with Gasteiger partial charge in [0.25, 0.3) is 0 Å². The van der Waals surface area contributed by atoms with Gasteiger partial charge in [-0.15, -0.1) is 0 Å². The van der Waals surface area contributed by atoms with E-state index in [9.17, 15) is 4.79 Å². The van der Waals surface area contributed by atoms with Crippen molar-refractivity contribution in [3.05, 3.63) is 0 Å². The lowest BCUT2D eigenvalue weighted by Gasteiger charge is -2.22. The molecule has 0 saturated carbocycles. The molecule has 1 atom stereocenters. The first kappa shape index (κ1) is 10.9. The first-order chi connectivity index (χ1) is 5.63. The van der Waals surface area contributed by atoms with Crippen molar-refractivity contribution < 1.29 is 4.79 Å². The zero-order valence-electron chi connectivity index (χ0n) is 7.79. The molecule has 0 spiro atoms. The molecule has 0 rings (SSSR count). The summed E-state index contributed by atoms with van der Waals surface area (Å²) in [5.74, 6) is 0.0141. The molecule has 68 valence electrons. The maximum absolute atomic E-state index is 11.2. The van der Waals surface area contributed by atoms with Crippen LogP contribution in [0.4, 0.5) is 0 Å². The minimum absolute atomic E-state index is 0.00384. The Kier molecular flexibility index (Phi) is 5.06. The van der Waals surface area contributed by atoms with E-state index in [1.807, 2.05) is 13.0 Å². The van der Waals surface area contributed by atoms with E-state index in [4.69, 9.17) is 5.26 Å². The summed E-state index contributed by atoms with van der Waals surface area (Å²) in [7, 11) is 3.43. The highest BCUT2D eigenvalue weighted by Crippen LogP contribution is 1.99. The summed E-state index contributed by atoms with van der Waals surface area (Å²) in [6.07, 6.45) is 0.381. The molecule has 4 heteroatoms. The number of rotatable bonds is 4. The summed E-state index contributed by atoms with van der Waals surface area (Å²) >= 11 is 0. The van der Waals surface area contributed by atoms with Crippen LogP contribution < -0.4 is 5.32 Å². The summed E-state index contributed by atoms with van der Waals surface area (Å²) < 4.78 is 0. The van der Waals surface area contributed by atoms with Crippen LogP contribution in [0.1, 0.15) is 13.3 Å². The van der Waals surface area contributed by atoms with Gasteiger partial charge in [0.15, 0.2) is 0 Å². The van der Waals surface area contributed by atoms with Crippen LogP contribution in [0.3, 0.4) is 0 Å². The Balaban J connectivity index is 3.92. The van der Waals surface area contributed by atoms with Gasteiger partial charge in [0.1, 0.15) is 0 Å². The summed E-state index contributed by atoms with van der Waals surface area (Å²) in [5.41, 5.74) is 0. The number of nitrogens with one attached hydrogen (secondary N) is 1. The number of nitrogens with zero attached hydrogens (tertiary/aromatic N) is 2. The van der Waals surface area contributed by atoms with Crippen molar-refractivity contribution in [2.75, 3.05) is 20.6 Å².